The van der Waals surface area contributed by atoms with Gasteiger partial charge in [-0.25, -0.2) is 0 Å². The van der Waals surface area contributed by atoms with E-state index >= 15 is 0 Å². The third-order valence-corrected chi connectivity index (χ3v) is 2.31. The van der Waals surface area contributed by atoms with E-state index in [0.717, 1.165) is 0 Å². The first kappa shape index (κ1) is 13.4. The number of alkyl halides is 2. The van der Waals surface area contributed by atoms with Gasteiger partial charge in [0.05, 0.1) is 12.0 Å². The van der Waals surface area contributed by atoms with Crippen LogP contribution in [0.2, 0.25) is 0 Å². The lowest BCUT2D eigenvalue weighted by Gasteiger charge is -2.15. The molecule has 0 saturated heterocycles. The van der Waals surface area contributed by atoms with Gasteiger partial charge in [0, 0.05) is 0 Å². The van der Waals surface area contributed by atoms with Gasteiger partial charge in [-0.1, -0.05) is 12.1 Å². The highest BCUT2D eigenvalue weighted by atomic mass is 19.3. The molecule has 0 radical (unpaired) electrons. The molecule has 0 aliphatic rings. The number of rotatable bonds is 5. The minimum absolute atomic E-state index is 0.0427. The number of aliphatic hydroxyl groups excluding tert-OH is 1. The summed E-state index contributed by atoms with van der Waals surface area (Å²) in [7, 11) is 0. The minimum atomic E-state index is -2.91. The van der Waals surface area contributed by atoms with E-state index in [-0.39, 0.29) is 5.75 Å². The Balaban J connectivity index is 2.76. The van der Waals surface area contributed by atoms with E-state index in [1.54, 1.807) is 0 Å². The van der Waals surface area contributed by atoms with Crippen LogP contribution in [0, 0.1) is 5.92 Å². The molecule has 1 rings (SSSR count). The van der Waals surface area contributed by atoms with Crippen LogP contribution in [0.3, 0.4) is 0 Å². The van der Waals surface area contributed by atoms with Gasteiger partial charge in [0.15, 0.2) is 0 Å². The number of carboxylic acid groups (broad SMARTS) is 1. The Morgan fingerprint density at radius 1 is 1.29 bits per heavy atom. The van der Waals surface area contributed by atoms with Gasteiger partial charge in [-0.05, 0) is 24.6 Å². The second kappa shape index (κ2) is 5.58. The van der Waals surface area contributed by atoms with Crippen molar-refractivity contribution in [3.63, 3.8) is 0 Å². The van der Waals surface area contributed by atoms with Gasteiger partial charge in [0.2, 0.25) is 0 Å². The molecule has 94 valence electrons. The fourth-order valence-corrected chi connectivity index (χ4v) is 1.27. The standard InChI is InChI=1S/C11H12F2O4/c1-6(10(15)16)9(14)7-2-4-8(5-3-7)17-11(12)13/h2-6,9,11,14H,1H3,(H,15,16)/t6-,9-/m0/s1. The van der Waals surface area contributed by atoms with Gasteiger partial charge in [0.25, 0.3) is 0 Å². The molecule has 0 amide bonds. The van der Waals surface area contributed by atoms with Crippen molar-refractivity contribution in [1.29, 1.82) is 0 Å². The van der Waals surface area contributed by atoms with Gasteiger partial charge in [-0.15, -0.1) is 0 Å². The second-order valence-electron chi connectivity index (χ2n) is 3.52. The Morgan fingerprint density at radius 2 is 1.82 bits per heavy atom. The van der Waals surface area contributed by atoms with Crippen LogP contribution in [0.4, 0.5) is 8.78 Å². The molecule has 0 bridgehead atoms. The lowest BCUT2D eigenvalue weighted by molar-refractivity contribution is -0.145. The molecule has 4 nitrogen and oxygen atoms in total. The van der Waals surface area contributed by atoms with E-state index in [4.69, 9.17) is 5.11 Å². The molecule has 0 unspecified atom stereocenters. The molecule has 1 aromatic carbocycles. The van der Waals surface area contributed by atoms with E-state index in [9.17, 15) is 18.7 Å². The molecule has 0 heterocycles. The molecule has 2 atom stereocenters. The number of halogens is 2. The molecule has 6 heteroatoms. The Bertz CT molecular complexity index is 378. The monoisotopic (exact) mass is 246 g/mol. The molecule has 0 saturated carbocycles. The normalized spacial score (nSPS) is 14.4. The highest BCUT2D eigenvalue weighted by molar-refractivity contribution is 5.70. The van der Waals surface area contributed by atoms with Crippen molar-refractivity contribution in [3.8, 4) is 5.75 Å². The first-order valence-electron chi connectivity index (χ1n) is 4.87. The molecule has 1 aromatic rings. The summed E-state index contributed by atoms with van der Waals surface area (Å²) in [4.78, 5) is 10.6. The summed E-state index contributed by atoms with van der Waals surface area (Å²) in [6.45, 7) is -1.56. The van der Waals surface area contributed by atoms with Crippen LogP contribution in [-0.2, 0) is 4.79 Å². The van der Waals surface area contributed by atoms with Crippen LogP contribution < -0.4 is 4.74 Å². The average Bonchev–Trinajstić information content (AvgIpc) is 2.27. The van der Waals surface area contributed by atoms with Crippen molar-refractivity contribution in [3.05, 3.63) is 29.8 Å². The summed E-state index contributed by atoms with van der Waals surface area (Å²) in [6.07, 6.45) is -1.19. The van der Waals surface area contributed by atoms with Crippen molar-refractivity contribution in [2.24, 2.45) is 5.92 Å². The summed E-state index contributed by atoms with van der Waals surface area (Å²) in [6, 6.07) is 5.20. The van der Waals surface area contributed by atoms with Gasteiger partial charge < -0.3 is 14.9 Å². The van der Waals surface area contributed by atoms with Crippen molar-refractivity contribution in [1.82, 2.24) is 0 Å². The molecular weight excluding hydrogens is 234 g/mol. The fraction of sp³-hybridized carbons (Fsp3) is 0.364. The third-order valence-electron chi connectivity index (χ3n) is 2.31. The lowest BCUT2D eigenvalue weighted by atomic mass is 9.98. The van der Waals surface area contributed by atoms with Crippen LogP contribution in [0.1, 0.15) is 18.6 Å². The minimum Gasteiger partial charge on any atom is -0.481 e. The molecular formula is C11H12F2O4. The average molecular weight is 246 g/mol. The molecule has 0 spiro atoms. The Kier molecular flexibility index (Phi) is 4.39. The number of aliphatic hydroxyl groups is 1. The van der Waals surface area contributed by atoms with Crippen LogP contribution in [0.25, 0.3) is 0 Å². The van der Waals surface area contributed by atoms with Gasteiger partial charge in [-0.2, -0.15) is 8.78 Å². The maximum atomic E-state index is 11.9. The lowest BCUT2D eigenvalue weighted by Crippen LogP contribution is -2.18. The van der Waals surface area contributed by atoms with Crippen molar-refractivity contribution >= 4 is 5.97 Å². The first-order valence-corrected chi connectivity index (χ1v) is 4.87. The largest absolute Gasteiger partial charge is 0.481 e. The fourth-order valence-electron chi connectivity index (χ4n) is 1.27. The molecule has 0 aromatic heterocycles. The van der Waals surface area contributed by atoms with Crippen molar-refractivity contribution < 1.29 is 28.5 Å². The quantitative estimate of drug-likeness (QED) is 0.834. The maximum absolute atomic E-state index is 11.9. The van der Waals surface area contributed by atoms with Crippen LogP contribution in [0.15, 0.2) is 24.3 Å². The second-order valence-corrected chi connectivity index (χ2v) is 3.52. The SMILES string of the molecule is C[C@H](C(=O)O)[C@H](O)c1ccc(OC(F)F)cc1. The molecule has 0 aliphatic carbocycles. The first-order chi connectivity index (χ1) is 7.91. The van der Waals surface area contributed by atoms with E-state index in [2.05, 4.69) is 4.74 Å². The Hall–Kier alpha value is -1.69. The number of hydrogen-bond donors (Lipinski definition) is 2. The van der Waals surface area contributed by atoms with Gasteiger partial charge in [-0.3, -0.25) is 4.79 Å². The molecule has 2 N–H and O–H groups in total. The van der Waals surface area contributed by atoms with E-state index in [1.807, 2.05) is 0 Å². The van der Waals surface area contributed by atoms with Gasteiger partial charge in [0.1, 0.15) is 5.75 Å². The highest BCUT2D eigenvalue weighted by Gasteiger charge is 2.22. The number of ether oxygens (including phenoxy) is 1. The Labute approximate surface area is 96.5 Å². The van der Waals surface area contributed by atoms with Crippen LogP contribution >= 0.6 is 0 Å². The predicted octanol–water partition coefficient (Wildman–Crippen LogP) is 2.04. The molecule has 0 aliphatic heterocycles. The number of carbonyl (C=O) groups is 1. The van der Waals surface area contributed by atoms with Crippen LogP contribution in [-0.4, -0.2) is 22.8 Å². The summed E-state index contributed by atoms with van der Waals surface area (Å²) in [5.41, 5.74) is 0.335. The molecule has 17 heavy (non-hydrogen) atoms. The summed E-state index contributed by atoms with van der Waals surface area (Å²) in [5, 5.41) is 18.4. The smallest absolute Gasteiger partial charge is 0.387 e. The van der Waals surface area contributed by atoms with Crippen molar-refractivity contribution in [2.75, 3.05) is 0 Å². The number of benzene rings is 1. The van der Waals surface area contributed by atoms with E-state index in [1.165, 1.54) is 31.2 Å². The highest BCUT2D eigenvalue weighted by Crippen LogP contribution is 2.24. The maximum Gasteiger partial charge on any atom is 0.387 e. The zero-order chi connectivity index (χ0) is 13.0. The Morgan fingerprint density at radius 3 is 2.24 bits per heavy atom. The third kappa shape index (κ3) is 3.67. The molecule has 0 fully saturated rings. The number of hydrogen-bond acceptors (Lipinski definition) is 3. The summed E-state index contributed by atoms with van der Waals surface area (Å²) >= 11 is 0. The number of carboxylic acids is 1. The van der Waals surface area contributed by atoms with Gasteiger partial charge >= 0.3 is 12.6 Å². The predicted molar refractivity (Wildman–Crippen MR) is 54.8 cm³/mol. The van der Waals surface area contributed by atoms with Crippen molar-refractivity contribution in [2.45, 2.75) is 19.6 Å². The topological polar surface area (TPSA) is 66.8 Å². The zero-order valence-electron chi connectivity index (χ0n) is 9.01. The summed E-state index contributed by atoms with van der Waals surface area (Å²) in [5.74, 6) is -2.15. The zero-order valence-corrected chi connectivity index (χ0v) is 9.01. The van der Waals surface area contributed by atoms with E-state index in [0.29, 0.717) is 5.56 Å². The van der Waals surface area contributed by atoms with E-state index < -0.39 is 24.6 Å². The number of aliphatic carboxylic acids is 1. The van der Waals surface area contributed by atoms with Crippen LogP contribution in [0.5, 0.6) is 5.75 Å². The summed E-state index contributed by atoms with van der Waals surface area (Å²) < 4.78 is 27.9.